The molecule has 134 valence electrons. The number of nitrogens with zero attached hydrogens (tertiary/aromatic N) is 3. The van der Waals surface area contributed by atoms with E-state index in [1.807, 2.05) is 30.1 Å². The van der Waals surface area contributed by atoms with Crippen molar-refractivity contribution >= 4 is 27.7 Å². The monoisotopic (exact) mass is 370 g/mol. The molecule has 6 nitrogen and oxygen atoms in total. The third-order valence-electron chi connectivity index (χ3n) is 3.84. The van der Waals surface area contributed by atoms with Crippen LogP contribution in [0.5, 0.6) is 0 Å². The van der Waals surface area contributed by atoms with Crippen molar-refractivity contribution in [1.82, 2.24) is 14.5 Å². The Bertz CT molecular complexity index is 629. The Hall–Kier alpha value is -1.25. The lowest BCUT2D eigenvalue weighted by atomic mass is 10.2. The molecule has 0 amide bonds. The van der Waals surface area contributed by atoms with Crippen LogP contribution in [0.1, 0.15) is 5.56 Å². The molecule has 0 aliphatic carbocycles. The number of thioether (sulfide) groups is 1. The summed E-state index contributed by atoms with van der Waals surface area (Å²) in [5.74, 6) is 2.56. The maximum absolute atomic E-state index is 12.3. The van der Waals surface area contributed by atoms with E-state index in [2.05, 4.69) is 22.4 Å². The van der Waals surface area contributed by atoms with Crippen molar-refractivity contribution in [1.29, 1.82) is 0 Å². The molecule has 1 saturated heterocycles. The first-order chi connectivity index (χ1) is 11.5. The summed E-state index contributed by atoms with van der Waals surface area (Å²) >= 11 is 1.80. The Morgan fingerprint density at radius 2 is 1.96 bits per heavy atom. The summed E-state index contributed by atoms with van der Waals surface area (Å²) in [6.45, 7) is 2.32. The molecule has 0 unspecified atom stereocenters. The number of sulfonamides is 1. The third-order valence-corrected chi connectivity index (χ3v) is 6.66. The smallest absolute Gasteiger partial charge is 0.215 e. The highest BCUT2D eigenvalue weighted by Gasteiger charge is 2.23. The zero-order valence-electron chi connectivity index (χ0n) is 14.3. The van der Waals surface area contributed by atoms with E-state index in [1.54, 1.807) is 23.1 Å². The largest absolute Gasteiger partial charge is 0.355 e. The number of rotatable bonds is 6. The lowest BCUT2D eigenvalue weighted by Gasteiger charge is -2.26. The highest BCUT2D eigenvalue weighted by Crippen LogP contribution is 2.13. The first-order valence-corrected chi connectivity index (χ1v) is 10.8. The summed E-state index contributed by atoms with van der Waals surface area (Å²) in [4.78, 5) is 6.22. The molecule has 8 heteroatoms. The number of aliphatic imine (C=N–C) groups is 1. The summed E-state index contributed by atoms with van der Waals surface area (Å²) in [6.07, 6.45) is 0. The van der Waals surface area contributed by atoms with Crippen LogP contribution >= 0.6 is 11.8 Å². The van der Waals surface area contributed by atoms with Gasteiger partial charge in [0.25, 0.3) is 0 Å². The minimum Gasteiger partial charge on any atom is -0.355 e. The van der Waals surface area contributed by atoms with E-state index >= 15 is 0 Å². The van der Waals surface area contributed by atoms with Crippen LogP contribution in [0.15, 0.2) is 35.3 Å². The van der Waals surface area contributed by atoms with E-state index in [9.17, 15) is 8.42 Å². The molecule has 0 atom stereocenters. The fourth-order valence-electron chi connectivity index (χ4n) is 2.56. The zero-order valence-corrected chi connectivity index (χ0v) is 15.9. The quantitative estimate of drug-likeness (QED) is 0.599. The Morgan fingerprint density at radius 3 is 2.58 bits per heavy atom. The van der Waals surface area contributed by atoms with E-state index in [0.29, 0.717) is 25.6 Å². The van der Waals surface area contributed by atoms with E-state index in [-0.39, 0.29) is 5.75 Å². The predicted molar refractivity (Wildman–Crippen MR) is 102 cm³/mol. The molecular formula is C16H26N4O2S2. The maximum atomic E-state index is 12.3. The highest BCUT2D eigenvalue weighted by molar-refractivity contribution is 7.99. The fourth-order valence-corrected chi connectivity index (χ4v) is 5.05. The van der Waals surface area contributed by atoms with Gasteiger partial charge in [-0.25, -0.2) is 12.7 Å². The molecule has 0 aromatic heterocycles. The minimum absolute atomic E-state index is 0.0931. The topological polar surface area (TPSA) is 65.0 Å². The molecule has 0 spiro atoms. The van der Waals surface area contributed by atoms with Crippen molar-refractivity contribution in [3.63, 3.8) is 0 Å². The second-order valence-corrected chi connectivity index (χ2v) is 8.96. The number of benzene rings is 1. The van der Waals surface area contributed by atoms with Gasteiger partial charge in [0.2, 0.25) is 10.0 Å². The average Bonchev–Trinajstić information content (AvgIpc) is 2.60. The van der Waals surface area contributed by atoms with Gasteiger partial charge in [0, 0.05) is 51.8 Å². The summed E-state index contributed by atoms with van der Waals surface area (Å²) < 4.78 is 26.3. The molecule has 1 aliphatic heterocycles. The van der Waals surface area contributed by atoms with Crippen molar-refractivity contribution in [2.24, 2.45) is 4.99 Å². The normalized spacial score (nSPS) is 16.8. The summed E-state index contributed by atoms with van der Waals surface area (Å²) in [5.41, 5.74) is 1.18. The Kier molecular flexibility index (Phi) is 7.39. The molecular weight excluding hydrogens is 344 g/mol. The van der Waals surface area contributed by atoms with Gasteiger partial charge in [-0.3, -0.25) is 4.99 Å². The summed E-state index contributed by atoms with van der Waals surface area (Å²) in [7, 11) is 0.464. The SMILES string of the molecule is CN=C(NCCS(=O)(=O)N1CCSCC1)N(C)Cc1ccccc1. The molecule has 1 N–H and O–H groups in total. The van der Waals surface area contributed by atoms with Gasteiger partial charge in [-0.1, -0.05) is 30.3 Å². The molecule has 0 saturated carbocycles. The van der Waals surface area contributed by atoms with Gasteiger partial charge in [-0.05, 0) is 5.56 Å². The van der Waals surface area contributed by atoms with E-state index in [1.165, 1.54) is 5.56 Å². The molecule has 1 aromatic rings. The van der Waals surface area contributed by atoms with Crippen molar-refractivity contribution in [3.05, 3.63) is 35.9 Å². The molecule has 1 aromatic carbocycles. The third kappa shape index (κ3) is 5.68. The van der Waals surface area contributed by atoms with Gasteiger partial charge in [0.05, 0.1) is 5.75 Å². The van der Waals surface area contributed by atoms with Crippen molar-refractivity contribution in [2.75, 3.05) is 51.0 Å². The van der Waals surface area contributed by atoms with Gasteiger partial charge >= 0.3 is 0 Å². The fraction of sp³-hybridized carbons (Fsp3) is 0.562. The van der Waals surface area contributed by atoms with Gasteiger partial charge < -0.3 is 10.2 Å². The molecule has 2 rings (SSSR count). The standard InChI is InChI=1S/C16H26N4O2S2/c1-17-16(19(2)14-15-6-4-3-5-7-15)18-8-13-24(21,22)20-9-11-23-12-10-20/h3-7H,8-14H2,1-2H3,(H,17,18). The van der Waals surface area contributed by atoms with Crippen molar-refractivity contribution in [3.8, 4) is 0 Å². The van der Waals surface area contributed by atoms with Gasteiger partial charge in [-0.15, -0.1) is 0 Å². The summed E-state index contributed by atoms with van der Waals surface area (Å²) in [6, 6.07) is 10.1. The Labute approximate surface area is 149 Å². The first kappa shape index (κ1) is 19.1. The molecule has 0 radical (unpaired) electrons. The molecule has 1 fully saturated rings. The van der Waals surface area contributed by atoms with Crippen molar-refractivity contribution < 1.29 is 8.42 Å². The molecule has 0 bridgehead atoms. The van der Waals surface area contributed by atoms with E-state index in [4.69, 9.17) is 0 Å². The number of nitrogens with one attached hydrogen (secondary N) is 1. The van der Waals surface area contributed by atoms with Crippen LogP contribution in [-0.4, -0.2) is 74.6 Å². The van der Waals surface area contributed by atoms with Crippen LogP contribution in [0.2, 0.25) is 0 Å². The van der Waals surface area contributed by atoms with Crippen LogP contribution in [0.4, 0.5) is 0 Å². The van der Waals surface area contributed by atoms with Gasteiger partial charge in [0.1, 0.15) is 0 Å². The molecule has 1 aliphatic rings. The molecule has 1 heterocycles. The molecule has 24 heavy (non-hydrogen) atoms. The van der Waals surface area contributed by atoms with Gasteiger partial charge in [-0.2, -0.15) is 11.8 Å². The summed E-state index contributed by atoms with van der Waals surface area (Å²) in [5, 5.41) is 3.15. The van der Waals surface area contributed by atoms with Crippen molar-refractivity contribution in [2.45, 2.75) is 6.54 Å². The van der Waals surface area contributed by atoms with Crippen LogP contribution in [0, 0.1) is 0 Å². The Balaban J connectivity index is 1.82. The van der Waals surface area contributed by atoms with Crippen LogP contribution in [0.25, 0.3) is 0 Å². The maximum Gasteiger partial charge on any atom is 0.215 e. The van der Waals surface area contributed by atoms with Crippen LogP contribution < -0.4 is 5.32 Å². The lowest BCUT2D eigenvalue weighted by Crippen LogP contribution is -2.44. The number of hydrogen-bond donors (Lipinski definition) is 1. The van der Waals surface area contributed by atoms with E-state index in [0.717, 1.165) is 18.1 Å². The highest BCUT2D eigenvalue weighted by atomic mass is 32.2. The second kappa shape index (κ2) is 9.29. The Morgan fingerprint density at radius 1 is 1.29 bits per heavy atom. The average molecular weight is 371 g/mol. The predicted octanol–water partition coefficient (Wildman–Crippen LogP) is 1.07. The van der Waals surface area contributed by atoms with Gasteiger partial charge in [0.15, 0.2) is 5.96 Å². The van der Waals surface area contributed by atoms with Crippen LogP contribution in [0.3, 0.4) is 0 Å². The van der Waals surface area contributed by atoms with E-state index < -0.39 is 10.0 Å². The number of guanidine groups is 1. The number of hydrogen-bond acceptors (Lipinski definition) is 4. The first-order valence-electron chi connectivity index (χ1n) is 8.04. The second-order valence-electron chi connectivity index (χ2n) is 5.64. The lowest BCUT2D eigenvalue weighted by molar-refractivity contribution is 0.442. The zero-order chi connectivity index (χ0) is 17.4. The minimum atomic E-state index is -3.19. The van der Waals surface area contributed by atoms with Crippen LogP contribution in [-0.2, 0) is 16.6 Å².